The number of rotatable bonds is 8. The number of ether oxygens (including phenoxy) is 1. The van der Waals surface area contributed by atoms with Gasteiger partial charge in [-0.15, -0.1) is 0 Å². The van der Waals surface area contributed by atoms with Crippen molar-refractivity contribution in [1.82, 2.24) is 14.9 Å². The Hall–Kier alpha value is -4.59. The number of carbonyl (C=O) groups is 2. The van der Waals surface area contributed by atoms with E-state index in [0.29, 0.717) is 23.2 Å². The first-order valence-electron chi connectivity index (χ1n) is 11.5. The molecule has 1 N–H and O–H groups in total. The smallest absolute Gasteiger partial charge is 0.328 e. The lowest BCUT2D eigenvalue weighted by atomic mass is 9.94. The molecule has 0 aliphatic heterocycles. The van der Waals surface area contributed by atoms with Gasteiger partial charge < -0.3 is 14.6 Å². The minimum absolute atomic E-state index is 0.317. The van der Waals surface area contributed by atoms with Gasteiger partial charge in [-0.2, -0.15) is 0 Å². The monoisotopic (exact) mass is 501 g/mol. The number of carbonyl (C=O) groups excluding carboxylic acids is 2. The highest BCUT2D eigenvalue weighted by molar-refractivity contribution is 6.03. The average Bonchev–Trinajstić information content (AvgIpc) is 3.42. The first-order chi connectivity index (χ1) is 17.8. The number of hydrogen-bond donors (Lipinski definition) is 1. The van der Waals surface area contributed by atoms with E-state index >= 15 is 0 Å². The van der Waals surface area contributed by atoms with Crippen molar-refractivity contribution >= 4 is 23.5 Å². The van der Waals surface area contributed by atoms with E-state index in [1.165, 1.54) is 38.3 Å². The fourth-order valence-electron chi connectivity index (χ4n) is 3.89. The highest BCUT2D eigenvalue weighted by Gasteiger charge is 2.20. The zero-order valence-corrected chi connectivity index (χ0v) is 20.3. The first-order valence-corrected chi connectivity index (χ1v) is 11.5. The number of methoxy groups -OCH3 is 1. The summed E-state index contributed by atoms with van der Waals surface area (Å²) in [5.41, 5.74) is 4.00. The van der Waals surface area contributed by atoms with Crippen molar-refractivity contribution in [3.63, 3.8) is 0 Å². The average molecular weight is 502 g/mol. The number of allylic oxidation sites excluding steroid dienone is 1. The van der Waals surface area contributed by atoms with Crippen LogP contribution in [0.3, 0.4) is 0 Å². The SMILES string of the molecule is COC(=O)[C@H](C)NC(=O)c1ccc(/C=C(/Cn2ccnc2)c2ccc(F)cc2)cc1-c1ccc(F)cc1. The van der Waals surface area contributed by atoms with Gasteiger partial charge in [0.15, 0.2) is 0 Å². The summed E-state index contributed by atoms with van der Waals surface area (Å²) in [6.45, 7) is 2.01. The second kappa shape index (κ2) is 11.4. The van der Waals surface area contributed by atoms with E-state index in [0.717, 1.165) is 16.7 Å². The molecule has 4 aromatic rings. The quantitative estimate of drug-likeness (QED) is 0.261. The summed E-state index contributed by atoms with van der Waals surface area (Å²) in [6, 6.07) is 16.4. The number of benzene rings is 3. The van der Waals surface area contributed by atoms with E-state index in [1.54, 1.807) is 48.9 Å². The van der Waals surface area contributed by atoms with Crippen molar-refractivity contribution in [1.29, 1.82) is 0 Å². The van der Waals surface area contributed by atoms with Gasteiger partial charge >= 0.3 is 5.97 Å². The van der Waals surface area contributed by atoms with Gasteiger partial charge in [0.05, 0.1) is 13.4 Å². The third-order valence-electron chi connectivity index (χ3n) is 5.81. The maximum absolute atomic E-state index is 13.6. The molecule has 1 heterocycles. The Bertz CT molecular complexity index is 1410. The third-order valence-corrected chi connectivity index (χ3v) is 5.81. The summed E-state index contributed by atoms with van der Waals surface area (Å²) in [5.74, 6) is -1.77. The molecule has 6 nitrogen and oxygen atoms in total. The van der Waals surface area contributed by atoms with Crippen LogP contribution in [-0.2, 0) is 16.1 Å². The fourth-order valence-corrected chi connectivity index (χ4v) is 3.89. The number of esters is 1. The van der Waals surface area contributed by atoms with Crippen molar-refractivity contribution in [2.75, 3.05) is 7.11 Å². The number of imidazole rings is 1. The predicted octanol–water partition coefficient (Wildman–Crippen LogP) is 5.36. The molecule has 0 radical (unpaired) electrons. The van der Waals surface area contributed by atoms with E-state index in [-0.39, 0.29) is 5.82 Å². The molecule has 1 aromatic heterocycles. The summed E-state index contributed by atoms with van der Waals surface area (Å²) in [7, 11) is 1.25. The summed E-state index contributed by atoms with van der Waals surface area (Å²) < 4.78 is 33.8. The lowest BCUT2D eigenvalue weighted by Crippen LogP contribution is -2.39. The Morgan fingerprint density at radius 1 is 1.03 bits per heavy atom. The van der Waals surface area contributed by atoms with E-state index in [1.807, 2.05) is 22.9 Å². The van der Waals surface area contributed by atoms with Gasteiger partial charge in [0.1, 0.15) is 17.7 Å². The van der Waals surface area contributed by atoms with Crippen molar-refractivity contribution in [2.24, 2.45) is 0 Å². The second-order valence-corrected chi connectivity index (χ2v) is 8.44. The van der Waals surface area contributed by atoms with Crippen molar-refractivity contribution in [3.05, 3.63) is 114 Å². The first kappa shape index (κ1) is 25.5. The number of aromatic nitrogens is 2. The normalized spacial score (nSPS) is 12.2. The van der Waals surface area contributed by atoms with Gasteiger partial charge in [-0.3, -0.25) is 4.79 Å². The molecule has 0 aliphatic rings. The lowest BCUT2D eigenvalue weighted by Gasteiger charge is -2.15. The van der Waals surface area contributed by atoms with E-state index in [2.05, 4.69) is 10.3 Å². The molecule has 0 spiro atoms. The van der Waals surface area contributed by atoms with Crippen molar-refractivity contribution in [2.45, 2.75) is 19.5 Å². The van der Waals surface area contributed by atoms with E-state index in [9.17, 15) is 18.4 Å². The molecule has 0 saturated heterocycles. The van der Waals surface area contributed by atoms with E-state index < -0.39 is 23.7 Å². The maximum atomic E-state index is 13.6. The second-order valence-electron chi connectivity index (χ2n) is 8.44. The molecule has 0 saturated carbocycles. The number of hydrogen-bond acceptors (Lipinski definition) is 4. The van der Waals surface area contributed by atoms with Crippen LogP contribution < -0.4 is 5.32 Å². The van der Waals surface area contributed by atoms with Gasteiger partial charge in [-0.25, -0.2) is 18.6 Å². The molecule has 0 fully saturated rings. The van der Waals surface area contributed by atoms with Crippen LogP contribution in [0.5, 0.6) is 0 Å². The molecular formula is C29H25F2N3O3. The fraction of sp³-hybridized carbons (Fsp3) is 0.138. The Balaban J connectivity index is 1.78. The summed E-state index contributed by atoms with van der Waals surface area (Å²) in [5, 5.41) is 2.64. The van der Waals surface area contributed by atoms with Crippen molar-refractivity contribution < 1.29 is 23.1 Å². The minimum Gasteiger partial charge on any atom is -0.467 e. The Labute approximate surface area is 213 Å². The van der Waals surface area contributed by atoms with Crippen LogP contribution in [0.2, 0.25) is 0 Å². The summed E-state index contributed by atoms with van der Waals surface area (Å²) in [6.07, 6.45) is 7.14. The van der Waals surface area contributed by atoms with Crippen molar-refractivity contribution in [3.8, 4) is 11.1 Å². The molecule has 1 amide bonds. The number of nitrogens with zero attached hydrogens (tertiary/aromatic N) is 2. The largest absolute Gasteiger partial charge is 0.467 e. The molecular weight excluding hydrogens is 476 g/mol. The van der Waals surface area contributed by atoms with Crippen LogP contribution in [0.15, 0.2) is 85.5 Å². The molecule has 8 heteroatoms. The molecule has 0 unspecified atom stereocenters. The Kier molecular flexibility index (Phi) is 7.88. The lowest BCUT2D eigenvalue weighted by molar-refractivity contribution is -0.142. The standard InChI is InChI=1S/C29H25F2N3O3/c1-19(29(36)37-2)33-28(35)26-12-3-20(16-27(26)22-6-10-25(31)11-7-22)15-23(17-34-14-13-32-18-34)21-4-8-24(30)9-5-21/h3-16,18-19H,17H2,1-2H3,(H,33,35)/b23-15-/t19-/m0/s1. The summed E-state index contributed by atoms with van der Waals surface area (Å²) >= 11 is 0. The third kappa shape index (κ3) is 6.35. The van der Waals surface area contributed by atoms with Gasteiger partial charge in [-0.1, -0.05) is 30.3 Å². The molecule has 188 valence electrons. The number of amides is 1. The van der Waals surface area contributed by atoms with Gasteiger partial charge in [0, 0.05) is 24.5 Å². The van der Waals surface area contributed by atoms with Gasteiger partial charge in [0.2, 0.25) is 0 Å². The van der Waals surface area contributed by atoms with Crippen LogP contribution in [0, 0.1) is 11.6 Å². The zero-order valence-electron chi connectivity index (χ0n) is 20.3. The van der Waals surface area contributed by atoms with Crippen LogP contribution in [0.1, 0.15) is 28.4 Å². The molecule has 0 bridgehead atoms. The topological polar surface area (TPSA) is 73.2 Å². The van der Waals surface area contributed by atoms with Gasteiger partial charge in [-0.05, 0) is 77.2 Å². The predicted molar refractivity (Wildman–Crippen MR) is 137 cm³/mol. The van der Waals surface area contributed by atoms with Gasteiger partial charge in [0.25, 0.3) is 5.91 Å². The summed E-state index contributed by atoms with van der Waals surface area (Å²) in [4.78, 5) is 29.0. The highest BCUT2D eigenvalue weighted by atomic mass is 19.1. The zero-order chi connectivity index (χ0) is 26.4. The van der Waals surface area contributed by atoms with Crippen LogP contribution >= 0.6 is 0 Å². The minimum atomic E-state index is -0.849. The highest BCUT2D eigenvalue weighted by Crippen LogP contribution is 2.28. The molecule has 0 aliphatic carbocycles. The Morgan fingerprint density at radius 3 is 2.32 bits per heavy atom. The molecule has 3 aromatic carbocycles. The Morgan fingerprint density at radius 2 is 1.70 bits per heavy atom. The van der Waals surface area contributed by atoms with E-state index in [4.69, 9.17) is 4.74 Å². The number of nitrogens with one attached hydrogen (secondary N) is 1. The maximum Gasteiger partial charge on any atom is 0.328 e. The van der Waals surface area contributed by atoms with Crippen LogP contribution in [-0.4, -0.2) is 34.6 Å². The molecule has 4 rings (SSSR count). The van der Waals surface area contributed by atoms with Crippen LogP contribution in [0.25, 0.3) is 22.8 Å². The van der Waals surface area contributed by atoms with Crippen LogP contribution in [0.4, 0.5) is 8.78 Å². The molecule has 37 heavy (non-hydrogen) atoms. The molecule has 1 atom stereocenters. The number of halogens is 2.